The van der Waals surface area contributed by atoms with E-state index in [2.05, 4.69) is 21.3 Å². The predicted octanol–water partition coefficient (Wildman–Crippen LogP) is 3.22. The van der Waals surface area contributed by atoms with Crippen LogP contribution in [0.5, 0.6) is 0 Å². The van der Waals surface area contributed by atoms with Crippen molar-refractivity contribution in [2.75, 3.05) is 11.4 Å². The van der Waals surface area contributed by atoms with Crippen LogP contribution in [0, 0.1) is 0 Å². The summed E-state index contributed by atoms with van der Waals surface area (Å²) >= 11 is 3.35. The number of likely N-dealkylation sites (tertiary alicyclic amines) is 1. The van der Waals surface area contributed by atoms with E-state index in [0.29, 0.717) is 18.5 Å². The Bertz CT molecular complexity index is 781. The molecule has 11 heteroatoms. The van der Waals surface area contributed by atoms with E-state index in [1.165, 1.54) is 0 Å². The molecule has 4 rings (SSSR count). The third-order valence-corrected chi connectivity index (χ3v) is 5.89. The first-order chi connectivity index (χ1) is 12.8. The zero-order valence-electron chi connectivity index (χ0n) is 13.9. The van der Waals surface area contributed by atoms with Crippen LogP contribution in [0.3, 0.4) is 0 Å². The Morgan fingerprint density at radius 3 is 2.63 bits per heavy atom. The Morgan fingerprint density at radius 1 is 1.33 bits per heavy atom. The number of fused-ring (bicyclic) bond motifs is 1. The number of nitrogens with zero attached hydrogens (tertiary/aromatic N) is 3. The van der Waals surface area contributed by atoms with Crippen LogP contribution < -0.4 is 4.90 Å². The molecule has 2 aromatic rings. The lowest BCUT2D eigenvalue weighted by Crippen LogP contribution is -2.36. The van der Waals surface area contributed by atoms with Crippen LogP contribution in [-0.2, 0) is 16.1 Å². The first kappa shape index (κ1) is 19.8. The lowest BCUT2D eigenvalue weighted by atomic mass is 10.1. The molecule has 1 N–H and O–H groups in total. The molecule has 0 radical (unpaired) electrons. The van der Waals surface area contributed by atoms with Crippen LogP contribution in [0.4, 0.5) is 18.9 Å². The van der Waals surface area contributed by atoms with Crippen molar-refractivity contribution in [1.29, 1.82) is 0 Å². The molecule has 0 aromatic carbocycles. The van der Waals surface area contributed by atoms with Gasteiger partial charge in [-0.15, -0.1) is 11.3 Å². The number of carbonyl (C=O) groups is 2. The monoisotopic (exact) mass is 419 g/mol. The van der Waals surface area contributed by atoms with Gasteiger partial charge in [0.2, 0.25) is 5.91 Å². The van der Waals surface area contributed by atoms with E-state index in [-0.39, 0.29) is 5.91 Å². The van der Waals surface area contributed by atoms with Crippen molar-refractivity contribution < 1.29 is 27.9 Å². The standard InChI is InChI=1S/C14H15N3OS2.C2HF3O2/c18-14-7-12-11(17(14)10-2-5-19-9-10)1-4-16(12)8-13-15-3-6-20-13;3-2(4,5)1(6)7/h2-3,5-6,9,11-12H,1,4,7-8H2;(H,6,7)/t11-,12+;/m1./s1. The second-order valence-electron chi connectivity index (χ2n) is 6.07. The summed E-state index contributed by atoms with van der Waals surface area (Å²) in [6, 6.07) is 2.75. The van der Waals surface area contributed by atoms with Crippen LogP contribution in [0.25, 0.3) is 0 Å². The van der Waals surface area contributed by atoms with Gasteiger partial charge in [0.15, 0.2) is 0 Å². The summed E-state index contributed by atoms with van der Waals surface area (Å²) in [7, 11) is 0. The number of thiazole rings is 1. The Labute approximate surface area is 160 Å². The number of aliphatic carboxylic acids is 1. The van der Waals surface area contributed by atoms with Crippen molar-refractivity contribution >= 4 is 40.2 Å². The zero-order valence-corrected chi connectivity index (χ0v) is 15.6. The van der Waals surface area contributed by atoms with Gasteiger partial charge in [-0.25, -0.2) is 9.78 Å². The van der Waals surface area contributed by atoms with Gasteiger partial charge >= 0.3 is 12.1 Å². The van der Waals surface area contributed by atoms with E-state index in [0.717, 1.165) is 30.2 Å². The van der Waals surface area contributed by atoms with Crippen molar-refractivity contribution in [3.63, 3.8) is 0 Å². The highest BCUT2D eigenvalue weighted by atomic mass is 32.1. The molecule has 0 bridgehead atoms. The van der Waals surface area contributed by atoms with Gasteiger partial charge in [-0.2, -0.15) is 24.5 Å². The molecule has 4 heterocycles. The third-order valence-electron chi connectivity index (χ3n) is 4.46. The van der Waals surface area contributed by atoms with Crippen molar-refractivity contribution in [2.45, 2.75) is 37.6 Å². The number of halogens is 3. The fraction of sp³-hybridized carbons (Fsp3) is 0.438. The number of hydrogen-bond donors (Lipinski definition) is 1. The second kappa shape index (κ2) is 7.95. The van der Waals surface area contributed by atoms with Gasteiger partial charge in [0, 0.05) is 36.0 Å². The van der Waals surface area contributed by atoms with Crippen molar-refractivity contribution in [3.8, 4) is 0 Å². The van der Waals surface area contributed by atoms with Gasteiger partial charge in [-0.3, -0.25) is 9.69 Å². The minimum Gasteiger partial charge on any atom is -0.475 e. The van der Waals surface area contributed by atoms with Crippen molar-refractivity contribution in [1.82, 2.24) is 9.88 Å². The van der Waals surface area contributed by atoms with E-state index in [1.807, 2.05) is 21.9 Å². The second-order valence-corrected chi connectivity index (χ2v) is 7.83. The molecule has 27 heavy (non-hydrogen) atoms. The first-order valence-corrected chi connectivity index (χ1v) is 9.86. The van der Waals surface area contributed by atoms with E-state index >= 15 is 0 Å². The molecular formula is C16H16F3N3O3S2. The number of alkyl halides is 3. The molecule has 2 aliphatic heterocycles. The highest BCUT2D eigenvalue weighted by molar-refractivity contribution is 7.09. The lowest BCUT2D eigenvalue weighted by molar-refractivity contribution is -0.192. The molecule has 2 saturated heterocycles. The normalized spacial score (nSPS) is 22.5. The van der Waals surface area contributed by atoms with Gasteiger partial charge in [0.1, 0.15) is 5.01 Å². The van der Waals surface area contributed by atoms with Gasteiger partial charge in [0.05, 0.1) is 18.3 Å². The number of carboxylic acids is 1. The molecule has 2 aliphatic rings. The number of carbonyl (C=O) groups excluding carboxylic acids is 1. The summed E-state index contributed by atoms with van der Waals surface area (Å²) in [6.45, 7) is 1.94. The number of anilines is 1. The molecule has 0 saturated carbocycles. The highest BCUT2D eigenvalue weighted by Gasteiger charge is 2.47. The number of hydrogen-bond acceptors (Lipinski definition) is 6. The highest BCUT2D eigenvalue weighted by Crippen LogP contribution is 2.37. The Hall–Kier alpha value is -1.98. The van der Waals surface area contributed by atoms with Gasteiger partial charge < -0.3 is 10.0 Å². The molecule has 0 spiro atoms. The summed E-state index contributed by atoms with van der Waals surface area (Å²) in [5, 5.41) is 14.4. The molecule has 6 nitrogen and oxygen atoms in total. The zero-order chi connectivity index (χ0) is 19.6. The smallest absolute Gasteiger partial charge is 0.475 e. The Balaban J connectivity index is 0.000000260. The Morgan fingerprint density at radius 2 is 2.07 bits per heavy atom. The maximum atomic E-state index is 12.3. The number of amides is 1. The SMILES string of the molecule is O=C(O)C(F)(F)F.O=C1C[C@H]2[C@@H](CCN2Cc2nccs2)N1c1ccsc1. The molecule has 2 aromatic heterocycles. The molecule has 1 amide bonds. The maximum Gasteiger partial charge on any atom is 0.490 e. The molecular weight excluding hydrogens is 403 g/mol. The molecule has 2 fully saturated rings. The van der Waals surface area contributed by atoms with Crippen LogP contribution in [0.1, 0.15) is 17.8 Å². The average molecular weight is 419 g/mol. The first-order valence-electron chi connectivity index (χ1n) is 8.04. The Kier molecular flexibility index (Phi) is 5.82. The molecule has 0 aliphatic carbocycles. The summed E-state index contributed by atoms with van der Waals surface area (Å²) in [5.74, 6) is -2.49. The minimum atomic E-state index is -5.08. The maximum absolute atomic E-state index is 12.3. The predicted molar refractivity (Wildman–Crippen MR) is 94.8 cm³/mol. The molecule has 2 atom stereocenters. The fourth-order valence-corrected chi connectivity index (χ4v) is 4.63. The topological polar surface area (TPSA) is 73.7 Å². The number of aromatic nitrogens is 1. The third kappa shape index (κ3) is 4.47. The van der Waals surface area contributed by atoms with Crippen LogP contribution >= 0.6 is 22.7 Å². The quantitative estimate of drug-likeness (QED) is 0.827. The van der Waals surface area contributed by atoms with Gasteiger partial charge in [-0.1, -0.05) is 0 Å². The van der Waals surface area contributed by atoms with Crippen LogP contribution in [0.15, 0.2) is 28.4 Å². The average Bonchev–Trinajstić information content (AvgIpc) is 3.34. The minimum absolute atomic E-state index is 0.266. The summed E-state index contributed by atoms with van der Waals surface area (Å²) in [4.78, 5) is 30.0. The fourth-order valence-electron chi connectivity index (χ4n) is 3.36. The number of rotatable bonds is 3. The largest absolute Gasteiger partial charge is 0.490 e. The van der Waals surface area contributed by atoms with Crippen molar-refractivity contribution in [2.24, 2.45) is 0 Å². The lowest BCUT2D eigenvalue weighted by Gasteiger charge is -2.24. The van der Waals surface area contributed by atoms with Crippen LogP contribution in [0.2, 0.25) is 0 Å². The van der Waals surface area contributed by atoms with E-state index < -0.39 is 12.1 Å². The van der Waals surface area contributed by atoms with E-state index in [4.69, 9.17) is 9.90 Å². The van der Waals surface area contributed by atoms with Crippen molar-refractivity contribution in [3.05, 3.63) is 33.4 Å². The molecule has 0 unspecified atom stereocenters. The summed E-state index contributed by atoms with van der Waals surface area (Å²) in [5.41, 5.74) is 1.07. The van der Waals surface area contributed by atoms with E-state index in [9.17, 15) is 18.0 Å². The summed E-state index contributed by atoms with van der Waals surface area (Å²) in [6.07, 6.45) is -1.52. The van der Waals surface area contributed by atoms with Gasteiger partial charge in [0.25, 0.3) is 0 Å². The van der Waals surface area contributed by atoms with Crippen LogP contribution in [-0.4, -0.2) is 51.7 Å². The van der Waals surface area contributed by atoms with Gasteiger partial charge in [-0.05, 0) is 17.9 Å². The molecule has 146 valence electrons. The van der Waals surface area contributed by atoms with E-state index in [1.54, 1.807) is 22.7 Å². The summed E-state index contributed by atoms with van der Waals surface area (Å²) < 4.78 is 31.7. The number of thiophene rings is 1. The number of carboxylic acid groups (broad SMARTS) is 1.